The second-order valence-electron chi connectivity index (χ2n) is 17.5. The van der Waals surface area contributed by atoms with E-state index in [1.807, 2.05) is 25.7 Å². The van der Waals surface area contributed by atoms with E-state index in [9.17, 15) is 50.4 Å². The molecule has 1 fully saturated rings. The van der Waals surface area contributed by atoms with Gasteiger partial charge in [-0.1, -0.05) is 6.92 Å². The minimum absolute atomic E-state index is 0.00754. The van der Waals surface area contributed by atoms with E-state index >= 15 is 0 Å². The number of nitrogens with one attached hydrogen (secondary N) is 3. The number of amides is 1. The highest BCUT2D eigenvalue weighted by molar-refractivity contribution is 7.94. The standard InChI is InChI=1S/C42H63N7O19S4/c1-11-43-30-21-48(10)72(59,60)41-29(30)19-33(69-41)71(57,58)47-35(52)23(2)64-38(54)25(4)66-40(56)27(6)67-39(55)26(5)65-37(53)24(3)63-31(50)13-12-14-32(51)68-28(20-44-42(7,8)9)22-62-36-34(45-70-46-36)49-15-17-61-18-16-49/h19,23-28,30,43-44H,11-18,20-22H2,1-10H3,(H,47,52)/t23?,24?,25?,26?,27?,28?,30-/m1/s1. The first-order chi connectivity index (χ1) is 33.6. The first kappa shape index (κ1) is 59.5. The summed E-state index contributed by atoms with van der Waals surface area (Å²) in [5.74, 6) is -6.78. The van der Waals surface area contributed by atoms with Crippen molar-refractivity contribution in [2.45, 2.75) is 138 Å². The van der Waals surface area contributed by atoms with Crippen LogP contribution in [0.5, 0.6) is 5.88 Å². The summed E-state index contributed by atoms with van der Waals surface area (Å²) in [6.07, 6.45) is -9.41. The molecule has 0 spiro atoms. The van der Waals surface area contributed by atoms with Crippen molar-refractivity contribution in [1.82, 2.24) is 28.4 Å². The van der Waals surface area contributed by atoms with E-state index in [0.29, 0.717) is 55.9 Å². The van der Waals surface area contributed by atoms with Crippen molar-refractivity contribution in [3.8, 4) is 5.88 Å². The Balaban J connectivity index is 1.16. The summed E-state index contributed by atoms with van der Waals surface area (Å²) in [6.45, 7) is 16.2. The van der Waals surface area contributed by atoms with Crippen molar-refractivity contribution < 1.29 is 88.3 Å². The lowest BCUT2D eigenvalue weighted by atomic mass is 10.1. The van der Waals surface area contributed by atoms with Crippen molar-refractivity contribution in [3.63, 3.8) is 0 Å². The van der Waals surface area contributed by atoms with Gasteiger partial charge in [-0.2, -0.15) is 8.68 Å². The number of carbonyl (C=O) groups is 7. The van der Waals surface area contributed by atoms with Crippen LogP contribution in [0.25, 0.3) is 0 Å². The van der Waals surface area contributed by atoms with Crippen molar-refractivity contribution >= 4 is 90.7 Å². The predicted octanol–water partition coefficient (Wildman–Crippen LogP) is 0.734. The summed E-state index contributed by atoms with van der Waals surface area (Å²) in [6, 6.07) is 0.642. The number of sulfonamides is 2. The molecule has 1 amide bonds. The number of anilines is 1. The van der Waals surface area contributed by atoms with Crippen molar-refractivity contribution in [2.24, 2.45) is 0 Å². The van der Waals surface area contributed by atoms with Crippen LogP contribution in [0, 0.1) is 0 Å². The number of thiophene rings is 1. The summed E-state index contributed by atoms with van der Waals surface area (Å²) in [5, 5.41) is 6.37. The Labute approximate surface area is 425 Å². The maximum atomic E-state index is 13.1. The molecule has 2 aliphatic rings. The fraction of sp³-hybridized carbons (Fsp3) is 0.690. The number of aromatic nitrogens is 2. The van der Waals surface area contributed by atoms with Crippen LogP contribution in [0.15, 0.2) is 14.5 Å². The normalized spacial score (nSPS) is 18.4. The number of morpholine rings is 1. The molecular formula is C42H63N7O19S4. The first-order valence-electron chi connectivity index (χ1n) is 22.8. The van der Waals surface area contributed by atoms with Gasteiger partial charge < -0.3 is 53.4 Å². The zero-order valence-corrected chi connectivity index (χ0v) is 44.8. The maximum Gasteiger partial charge on any atom is 0.347 e. The molecule has 30 heteroatoms. The van der Waals surface area contributed by atoms with Crippen LogP contribution in [-0.4, -0.2) is 173 Å². The zero-order valence-electron chi connectivity index (χ0n) is 41.6. The lowest BCUT2D eigenvalue weighted by Gasteiger charge is -2.29. The van der Waals surface area contributed by atoms with E-state index in [1.165, 1.54) is 14.0 Å². The summed E-state index contributed by atoms with van der Waals surface area (Å²) in [4.78, 5) is 91.0. The Morgan fingerprint density at radius 3 is 1.89 bits per heavy atom. The smallest absolute Gasteiger partial charge is 0.347 e. The van der Waals surface area contributed by atoms with Gasteiger partial charge in [0.2, 0.25) is 5.82 Å². The molecule has 2 aliphatic heterocycles. The van der Waals surface area contributed by atoms with E-state index in [0.717, 1.165) is 49.8 Å². The third kappa shape index (κ3) is 17.3. The Morgan fingerprint density at radius 1 is 0.819 bits per heavy atom. The molecule has 72 heavy (non-hydrogen) atoms. The van der Waals surface area contributed by atoms with Crippen LogP contribution in [0.2, 0.25) is 0 Å². The first-order valence-corrected chi connectivity index (χ1v) is 27.2. The topological polar surface area (TPSA) is 330 Å². The molecule has 1 saturated heterocycles. The van der Waals surface area contributed by atoms with Crippen LogP contribution in [0.4, 0.5) is 5.82 Å². The highest BCUT2D eigenvalue weighted by atomic mass is 32.3. The molecule has 0 radical (unpaired) electrons. The maximum absolute atomic E-state index is 13.1. The number of hydrogen-bond donors (Lipinski definition) is 3. The number of ether oxygens (including phenoxy) is 8. The van der Waals surface area contributed by atoms with Crippen LogP contribution >= 0.6 is 23.1 Å². The van der Waals surface area contributed by atoms with E-state index in [4.69, 9.17) is 37.9 Å². The van der Waals surface area contributed by atoms with Crippen LogP contribution in [0.1, 0.15) is 93.2 Å². The number of hydrogen-bond acceptors (Lipinski definition) is 26. The fourth-order valence-corrected chi connectivity index (χ4v) is 11.6. The molecular weight excluding hydrogens is 1030 g/mol. The largest absolute Gasteiger partial charge is 0.470 e. The number of esters is 6. The molecule has 4 rings (SSSR count). The second kappa shape index (κ2) is 26.2. The van der Waals surface area contributed by atoms with Gasteiger partial charge in [0.25, 0.3) is 31.8 Å². The van der Waals surface area contributed by atoms with Gasteiger partial charge in [-0.3, -0.25) is 14.4 Å². The van der Waals surface area contributed by atoms with Gasteiger partial charge in [0.05, 0.1) is 24.9 Å². The van der Waals surface area contributed by atoms with Crippen molar-refractivity contribution in [2.75, 3.05) is 64.5 Å². The van der Waals surface area contributed by atoms with Crippen LogP contribution < -0.4 is 25.0 Å². The zero-order chi connectivity index (χ0) is 53.7. The van der Waals surface area contributed by atoms with E-state index in [-0.39, 0.29) is 54.3 Å². The average molecular weight is 1100 g/mol. The summed E-state index contributed by atoms with van der Waals surface area (Å²) in [7, 11) is -7.29. The molecule has 7 atom stereocenters. The highest BCUT2D eigenvalue weighted by Crippen LogP contribution is 2.39. The number of carbonyl (C=O) groups excluding carboxylic acids is 7. The van der Waals surface area contributed by atoms with E-state index in [1.54, 1.807) is 11.6 Å². The summed E-state index contributed by atoms with van der Waals surface area (Å²) in [5.41, 5.74) is -0.0813. The Morgan fingerprint density at radius 2 is 1.35 bits per heavy atom. The van der Waals surface area contributed by atoms with Crippen molar-refractivity contribution in [3.05, 3.63) is 11.6 Å². The SMILES string of the molecule is CCN[C@@H]1CN(C)S(=O)(=O)c2sc(S(=O)(=O)NC(=O)C(C)OC(=O)C(C)OC(=O)C(C)OC(=O)C(C)OC(=O)C(C)OC(=O)CCCC(=O)OC(CNC(C)(C)C)COc3nsnc3N3CCOCC3)cc21. The summed E-state index contributed by atoms with van der Waals surface area (Å²) < 4.78 is 105. The molecule has 26 nitrogen and oxygen atoms in total. The van der Waals surface area contributed by atoms with Gasteiger partial charge in [0.15, 0.2) is 30.5 Å². The molecule has 0 saturated carbocycles. The molecule has 2 aromatic heterocycles. The lowest BCUT2D eigenvalue weighted by molar-refractivity contribution is -0.185. The number of rotatable bonds is 25. The van der Waals surface area contributed by atoms with Gasteiger partial charge in [0.1, 0.15) is 21.1 Å². The minimum atomic E-state index is -4.64. The Bertz CT molecular complexity index is 2470. The number of fused-ring (bicyclic) bond motifs is 1. The van der Waals surface area contributed by atoms with Gasteiger partial charge >= 0.3 is 35.8 Å². The Hall–Kier alpha value is -5.11. The third-order valence-electron chi connectivity index (χ3n) is 10.4. The quantitative estimate of drug-likeness (QED) is 0.0911. The predicted molar refractivity (Wildman–Crippen MR) is 254 cm³/mol. The van der Waals surface area contributed by atoms with Crippen molar-refractivity contribution in [1.29, 1.82) is 0 Å². The number of likely N-dealkylation sites (N-methyl/N-ethyl adjacent to an activating group) is 2. The van der Waals surface area contributed by atoms with Gasteiger partial charge in [-0.25, -0.2) is 40.7 Å². The van der Waals surface area contributed by atoms with Crippen LogP contribution in [-0.2, 0) is 86.8 Å². The van der Waals surface area contributed by atoms with Gasteiger partial charge in [-0.15, -0.1) is 15.7 Å². The molecule has 0 bridgehead atoms. The fourth-order valence-electron chi connectivity index (χ4n) is 6.39. The minimum Gasteiger partial charge on any atom is -0.470 e. The Kier molecular flexibility index (Phi) is 21.6. The number of nitrogens with zero attached hydrogens (tertiary/aromatic N) is 4. The molecule has 0 aromatic carbocycles. The third-order valence-corrected chi connectivity index (χ3v) is 16.2. The van der Waals surface area contributed by atoms with Gasteiger partial charge in [0, 0.05) is 63.2 Å². The lowest BCUT2D eigenvalue weighted by Crippen LogP contribution is -2.44. The highest BCUT2D eigenvalue weighted by Gasteiger charge is 2.39. The molecule has 404 valence electrons. The average Bonchev–Trinajstić information content (AvgIpc) is 3.99. The molecule has 0 aliphatic carbocycles. The monoisotopic (exact) mass is 1100 g/mol. The van der Waals surface area contributed by atoms with E-state index < -0.39 is 109 Å². The summed E-state index contributed by atoms with van der Waals surface area (Å²) >= 11 is 1.44. The molecule has 4 heterocycles. The molecule has 2 aromatic rings. The van der Waals surface area contributed by atoms with E-state index in [2.05, 4.69) is 19.4 Å². The van der Waals surface area contributed by atoms with Gasteiger partial charge in [-0.05, 0) is 74.4 Å². The molecule has 6 unspecified atom stereocenters. The second-order valence-corrected chi connectivity index (χ2v) is 23.3. The molecule has 3 N–H and O–H groups in total. The van der Waals surface area contributed by atoms with Crippen LogP contribution in [0.3, 0.4) is 0 Å².